The van der Waals surface area contributed by atoms with Gasteiger partial charge in [0.25, 0.3) is 5.56 Å². The van der Waals surface area contributed by atoms with Crippen LogP contribution in [-0.2, 0) is 13.2 Å². The molecule has 0 saturated carbocycles. The van der Waals surface area contributed by atoms with Crippen molar-refractivity contribution in [2.45, 2.75) is 13.1 Å². The molecular weight excluding hydrogens is 447 g/mol. The Morgan fingerprint density at radius 3 is 2.53 bits per heavy atom. The molecule has 0 fully saturated rings. The molecule has 0 bridgehead atoms. The zero-order valence-corrected chi connectivity index (χ0v) is 18.1. The molecule has 1 N–H and O–H groups in total. The molecule has 34 heavy (non-hydrogen) atoms. The van der Waals surface area contributed by atoms with Gasteiger partial charge in [0, 0.05) is 36.9 Å². The minimum absolute atomic E-state index is 0.109. The number of nitrogens with one attached hydrogen (secondary N) is 1. The van der Waals surface area contributed by atoms with E-state index in [4.69, 9.17) is 0 Å². The van der Waals surface area contributed by atoms with E-state index in [1.807, 2.05) is 13.1 Å². The van der Waals surface area contributed by atoms with E-state index in [0.717, 1.165) is 23.2 Å². The van der Waals surface area contributed by atoms with Gasteiger partial charge in [0.15, 0.2) is 0 Å². The number of aryl methyl sites for hydroxylation is 1. The first-order chi connectivity index (χ1) is 16.2. The molecule has 0 aliphatic heterocycles. The lowest BCUT2D eigenvalue weighted by Gasteiger charge is -2.13. The summed E-state index contributed by atoms with van der Waals surface area (Å²) in [4.78, 5) is 21.7. The maximum Gasteiger partial charge on any atom is 0.433 e. The van der Waals surface area contributed by atoms with E-state index in [9.17, 15) is 18.0 Å². The van der Waals surface area contributed by atoms with Crippen molar-refractivity contribution in [3.05, 3.63) is 70.9 Å². The lowest BCUT2D eigenvalue weighted by atomic mass is 10.1. The molecule has 172 valence electrons. The number of benzene rings is 1. The summed E-state index contributed by atoms with van der Waals surface area (Å²) in [6.45, 7) is 2.50. The summed E-state index contributed by atoms with van der Waals surface area (Å²) in [5.74, 6) is 0.520. The van der Waals surface area contributed by atoms with Crippen molar-refractivity contribution in [1.29, 1.82) is 0 Å². The lowest BCUT2D eigenvalue weighted by Crippen LogP contribution is -2.24. The highest BCUT2D eigenvalue weighted by molar-refractivity contribution is 5.91. The number of rotatable bonds is 4. The summed E-state index contributed by atoms with van der Waals surface area (Å²) >= 11 is 0. The Bertz CT molecular complexity index is 1590. The zero-order valence-electron chi connectivity index (χ0n) is 18.1. The van der Waals surface area contributed by atoms with Crippen LogP contribution in [0, 0.1) is 0 Å². The summed E-state index contributed by atoms with van der Waals surface area (Å²) in [5.41, 5.74) is 0.663. The number of nitrogens with zero attached hydrogens (tertiary/aromatic N) is 6. The first-order valence-electron chi connectivity index (χ1n) is 10.4. The zero-order chi connectivity index (χ0) is 24.0. The van der Waals surface area contributed by atoms with E-state index in [1.54, 1.807) is 42.1 Å². The van der Waals surface area contributed by atoms with E-state index in [-0.39, 0.29) is 16.6 Å². The van der Waals surface area contributed by atoms with Gasteiger partial charge in [-0.15, -0.1) is 0 Å². The Labute approximate surface area is 190 Å². The Balaban J connectivity index is 1.77. The molecule has 0 unspecified atom stereocenters. The molecule has 0 atom stereocenters. The van der Waals surface area contributed by atoms with Crippen molar-refractivity contribution in [1.82, 2.24) is 29.5 Å². The highest BCUT2D eigenvalue weighted by Crippen LogP contribution is 2.30. The Hall–Kier alpha value is -4.28. The van der Waals surface area contributed by atoms with Crippen LogP contribution in [0.5, 0.6) is 0 Å². The van der Waals surface area contributed by atoms with E-state index in [1.165, 1.54) is 10.7 Å². The van der Waals surface area contributed by atoms with Gasteiger partial charge in [-0.05, 0) is 43.3 Å². The monoisotopic (exact) mass is 465 g/mol. The third-order valence-electron chi connectivity index (χ3n) is 5.27. The number of hydrogen-bond donors (Lipinski definition) is 1. The van der Waals surface area contributed by atoms with Crippen LogP contribution >= 0.6 is 0 Å². The Kier molecular flexibility index (Phi) is 5.03. The number of alkyl halides is 3. The van der Waals surface area contributed by atoms with Crippen LogP contribution in [0.2, 0.25) is 0 Å². The van der Waals surface area contributed by atoms with Gasteiger partial charge in [-0.3, -0.25) is 14.5 Å². The van der Waals surface area contributed by atoms with E-state index < -0.39 is 17.4 Å². The van der Waals surface area contributed by atoms with Gasteiger partial charge in [-0.1, -0.05) is 6.07 Å². The fraction of sp³-hybridized carbons (Fsp3) is 0.174. The average Bonchev–Trinajstić information content (AvgIpc) is 3.17. The van der Waals surface area contributed by atoms with Crippen LogP contribution < -0.4 is 10.9 Å². The first-order valence-corrected chi connectivity index (χ1v) is 10.4. The van der Waals surface area contributed by atoms with Crippen molar-refractivity contribution in [2.24, 2.45) is 7.05 Å². The van der Waals surface area contributed by atoms with Crippen LogP contribution in [0.1, 0.15) is 12.6 Å². The lowest BCUT2D eigenvalue weighted by molar-refractivity contribution is -0.141. The Morgan fingerprint density at radius 2 is 1.82 bits per heavy atom. The van der Waals surface area contributed by atoms with Gasteiger partial charge in [-0.2, -0.15) is 28.1 Å². The molecule has 0 aliphatic rings. The molecule has 5 aromatic rings. The second kappa shape index (κ2) is 7.94. The molecule has 4 aromatic heterocycles. The molecule has 0 amide bonds. The maximum atomic E-state index is 13.6. The summed E-state index contributed by atoms with van der Waals surface area (Å²) < 4.78 is 42.0. The standard InChI is InChI=1S/C23H18F3N7O/c1-3-27-19-9-7-17-21(29-19)20(13-4-8-18(28-11-13)23(24,25)26)22(34)33(31-17)15-5-6-16-14(10-15)12-32(2)30-16/h4-12H,3H2,1-2H3,(H,27,29). The molecule has 0 radical (unpaired) electrons. The van der Waals surface area contributed by atoms with Crippen LogP contribution in [-0.4, -0.2) is 36.1 Å². The SMILES string of the molecule is CCNc1ccc2nn(-c3ccc4nn(C)cc4c3)c(=O)c(-c3ccc(C(F)(F)F)nc3)c2n1. The van der Waals surface area contributed by atoms with Gasteiger partial charge in [0.2, 0.25) is 0 Å². The summed E-state index contributed by atoms with van der Waals surface area (Å²) in [6, 6.07) is 10.8. The fourth-order valence-corrected chi connectivity index (χ4v) is 3.77. The normalized spacial score (nSPS) is 11.9. The van der Waals surface area contributed by atoms with Gasteiger partial charge < -0.3 is 5.32 Å². The predicted octanol–water partition coefficient (Wildman–Crippen LogP) is 4.18. The van der Waals surface area contributed by atoms with E-state index in [2.05, 4.69) is 25.5 Å². The minimum Gasteiger partial charge on any atom is -0.370 e. The quantitative estimate of drug-likeness (QED) is 0.428. The van der Waals surface area contributed by atoms with Gasteiger partial charge >= 0.3 is 6.18 Å². The molecular formula is C23H18F3N7O. The van der Waals surface area contributed by atoms with Crippen LogP contribution in [0.25, 0.3) is 38.8 Å². The third kappa shape index (κ3) is 3.74. The van der Waals surface area contributed by atoms with E-state index >= 15 is 0 Å². The fourth-order valence-electron chi connectivity index (χ4n) is 3.77. The smallest absolute Gasteiger partial charge is 0.370 e. The summed E-state index contributed by atoms with van der Waals surface area (Å²) in [5, 5.41) is 12.7. The molecule has 1 aromatic carbocycles. The van der Waals surface area contributed by atoms with Gasteiger partial charge in [-0.25, -0.2) is 4.98 Å². The number of halogens is 3. The summed E-state index contributed by atoms with van der Waals surface area (Å²) in [7, 11) is 1.80. The maximum absolute atomic E-state index is 13.6. The van der Waals surface area contributed by atoms with Crippen molar-refractivity contribution in [2.75, 3.05) is 11.9 Å². The van der Waals surface area contributed by atoms with Crippen molar-refractivity contribution in [3.63, 3.8) is 0 Å². The van der Waals surface area contributed by atoms with Crippen LogP contribution in [0.15, 0.2) is 59.7 Å². The number of fused-ring (bicyclic) bond motifs is 2. The van der Waals surface area contributed by atoms with Crippen molar-refractivity contribution < 1.29 is 13.2 Å². The average molecular weight is 465 g/mol. The molecule has 8 nitrogen and oxygen atoms in total. The van der Waals surface area contributed by atoms with E-state index in [0.29, 0.717) is 23.6 Å². The van der Waals surface area contributed by atoms with Gasteiger partial charge in [0.1, 0.15) is 22.5 Å². The highest BCUT2D eigenvalue weighted by Gasteiger charge is 2.32. The molecule has 11 heteroatoms. The summed E-state index contributed by atoms with van der Waals surface area (Å²) in [6.07, 6.45) is -1.74. The second-order valence-electron chi connectivity index (χ2n) is 7.66. The largest absolute Gasteiger partial charge is 0.433 e. The molecule has 0 aliphatic carbocycles. The molecule has 0 spiro atoms. The molecule has 0 saturated heterocycles. The number of anilines is 1. The van der Waals surface area contributed by atoms with Crippen LogP contribution in [0.4, 0.5) is 19.0 Å². The topological polar surface area (TPSA) is 90.5 Å². The minimum atomic E-state index is -4.59. The third-order valence-corrected chi connectivity index (χ3v) is 5.27. The molecule has 4 heterocycles. The molecule has 5 rings (SSSR count). The number of hydrogen-bond acceptors (Lipinski definition) is 6. The first kappa shape index (κ1) is 21.6. The predicted molar refractivity (Wildman–Crippen MR) is 122 cm³/mol. The second-order valence-corrected chi connectivity index (χ2v) is 7.66. The highest BCUT2D eigenvalue weighted by atomic mass is 19.4. The Morgan fingerprint density at radius 1 is 1.03 bits per heavy atom. The van der Waals surface area contributed by atoms with Crippen molar-refractivity contribution in [3.8, 4) is 16.8 Å². The number of aromatic nitrogens is 6. The van der Waals surface area contributed by atoms with Gasteiger partial charge in [0.05, 0.1) is 16.8 Å². The van der Waals surface area contributed by atoms with Crippen molar-refractivity contribution >= 4 is 27.8 Å². The number of pyridine rings is 2. The van der Waals surface area contributed by atoms with Crippen LogP contribution in [0.3, 0.4) is 0 Å².